The van der Waals surface area contributed by atoms with Gasteiger partial charge >= 0.3 is 5.97 Å². The van der Waals surface area contributed by atoms with Gasteiger partial charge in [0.15, 0.2) is 5.56 Å². The molecule has 4 aromatic rings. The minimum absolute atomic E-state index is 0.126. The number of H-pyrrole nitrogens is 1. The summed E-state index contributed by atoms with van der Waals surface area (Å²) in [6, 6.07) is 13.7. The first-order valence-corrected chi connectivity index (χ1v) is 11.0. The number of rotatable bonds is 6. The Hall–Kier alpha value is -3.91. The molecule has 8 heteroatoms. The van der Waals surface area contributed by atoms with E-state index in [1.165, 1.54) is 37.1 Å². The van der Waals surface area contributed by atoms with Crippen LogP contribution in [0.2, 0.25) is 0 Å². The van der Waals surface area contributed by atoms with Crippen molar-refractivity contribution < 1.29 is 19.4 Å². The summed E-state index contributed by atoms with van der Waals surface area (Å²) in [6.07, 6.45) is 2.44. The number of hydrogen-bond acceptors (Lipinski definition) is 4. The van der Waals surface area contributed by atoms with E-state index in [0.29, 0.717) is 17.2 Å². The number of halogens is 1. The fourth-order valence-corrected chi connectivity index (χ4v) is 4.52. The lowest BCUT2D eigenvalue weighted by Gasteiger charge is -2.16. The molecule has 0 atom stereocenters. The highest BCUT2D eigenvalue weighted by Crippen LogP contribution is 2.39. The number of carboxylic acid groups (broad SMARTS) is 1. The van der Waals surface area contributed by atoms with Gasteiger partial charge in [0.1, 0.15) is 11.6 Å². The molecular formula is C26H24FN3O4. The molecule has 2 aromatic heterocycles. The molecule has 34 heavy (non-hydrogen) atoms. The largest absolute Gasteiger partial charge is 0.506 e. The number of nitrogens with one attached hydrogen (secondary N) is 1. The van der Waals surface area contributed by atoms with Crippen molar-refractivity contribution >= 4 is 16.9 Å². The fraction of sp³-hybridized carbons (Fsp3) is 0.231. The lowest BCUT2D eigenvalue weighted by atomic mass is 9.96. The molecule has 7 nitrogen and oxygen atoms in total. The van der Waals surface area contributed by atoms with E-state index in [9.17, 15) is 24.2 Å². The maximum absolute atomic E-state index is 13.5. The van der Waals surface area contributed by atoms with Crippen molar-refractivity contribution in [3.8, 4) is 28.1 Å². The molecule has 1 fully saturated rings. The average molecular weight is 461 g/mol. The quantitative estimate of drug-likeness (QED) is 0.397. The molecular weight excluding hydrogens is 437 g/mol. The van der Waals surface area contributed by atoms with Crippen LogP contribution in [0.25, 0.3) is 33.3 Å². The summed E-state index contributed by atoms with van der Waals surface area (Å²) < 4.78 is 15.7. The number of pyridine rings is 1. The summed E-state index contributed by atoms with van der Waals surface area (Å²) in [4.78, 5) is 29.2. The van der Waals surface area contributed by atoms with Crippen molar-refractivity contribution in [2.75, 3.05) is 7.05 Å². The highest BCUT2D eigenvalue weighted by Gasteiger charge is 2.27. The van der Waals surface area contributed by atoms with Crippen LogP contribution in [0, 0.1) is 5.82 Å². The Morgan fingerprint density at radius 1 is 1.15 bits per heavy atom. The molecule has 2 aromatic carbocycles. The third kappa shape index (κ3) is 3.76. The van der Waals surface area contributed by atoms with Gasteiger partial charge in [-0.15, -0.1) is 0 Å². The van der Waals surface area contributed by atoms with Gasteiger partial charge in [-0.05, 0) is 61.3 Å². The molecule has 0 spiro atoms. The maximum Gasteiger partial charge on any atom is 0.345 e. The summed E-state index contributed by atoms with van der Waals surface area (Å²) in [5.74, 6) is -2.67. The van der Waals surface area contributed by atoms with Crippen molar-refractivity contribution in [3.05, 3.63) is 76.0 Å². The van der Waals surface area contributed by atoms with E-state index in [-0.39, 0.29) is 11.3 Å². The third-order valence-electron chi connectivity index (χ3n) is 6.55. The molecule has 174 valence electrons. The van der Waals surface area contributed by atoms with Gasteiger partial charge < -0.3 is 19.8 Å². The van der Waals surface area contributed by atoms with Crippen LogP contribution in [0.3, 0.4) is 0 Å². The number of aromatic hydroxyl groups is 1. The van der Waals surface area contributed by atoms with Crippen molar-refractivity contribution in [1.29, 1.82) is 0 Å². The molecule has 1 saturated carbocycles. The minimum Gasteiger partial charge on any atom is -0.506 e. The lowest BCUT2D eigenvalue weighted by Crippen LogP contribution is -2.21. The number of aromatic nitrogens is 2. The number of nitrogens with zero attached hydrogens (tertiary/aromatic N) is 2. The van der Waals surface area contributed by atoms with Gasteiger partial charge in [-0.2, -0.15) is 0 Å². The highest BCUT2D eigenvalue weighted by molar-refractivity contribution is 5.98. The molecule has 0 saturated heterocycles. The van der Waals surface area contributed by atoms with E-state index < -0.39 is 28.7 Å². The highest BCUT2D eigenvalue weighted by atomic mass is 19.1. The van der Waals surface area contributed by atoms with Crippen molar-refractivity contribution in [1.82, 2.24) is 14.5 Å². The first kappa shape index (κ1) is 21.9. The van der Waals surface area contributed by atoms with E-state index in [1.807, 2.05) is 25.2 Å². The normalized spacial score (nSPS) is 13.6. The molecule has 0 amide bonds. The lowest BCUT2D eigenvalue weighted by molar-refractivity contribution is 0.0692. The van der Waals surface area contributed by atoms with Crippen LogP contribution >= 0.6 is 0 Å². The minimum atomic E-state index is -1.54. The molecule has 1 aliphatic carbocycles. The standard InChI is InChI=1S/C26H24FN3O4/c1-29(18-8-9-18)13-19-12-16-11-15(5-10-20(16)30(19)2)23-21(14-3-6-17(27)7-4-14)24(31)22(26(33)34)25(32)28-23/h3-7,10-12,18H,8-9,13H2,1-2H3,(H,33,34)(H2,28,31,32). The van der Waals surface area contributed by atoms with E-state index in [1.54, 1.807) is 0 Å². The first-order valence-electron chi connectivity index (χ1n) is 11.0. The maximum atomic E-state index is 13.5. The number of aryl methyl sites for hydroxylation is 1. The monoisotopic (exact) mass is 461 g/mol. The van der Waals surface area contributed by atoms with E-state index in [2.05, 4.69) is 27.6 Å². The van der Waals surface area contributed by atoms with Gasteiger partial charge in [0.05, 0.1) is 5.69 Å². The Morgan fingerprint density at radius 2 is 1.82 bits per heavy atom. The van der Waals surface area contributed by atoms with Gasteiger partial charge in [0.25, 0.3) is 5.56 Å². The summed E-state index contributed by atoms with van der Waals surface area (Å²) in [6.45, 7) is 0.816. The smallest absolute Gasteiger partial charge is 0.345 e. The molecule has 0 radical (unpaired) electrons. The Bertz CT molecular complexity index is 1480. The summed E-state index contributed by atoms with van der Waals surface area (Å²) in [5, 5.41) is 21.2. The summed E-state index contributed by atoms with van der Waals surface area (Å²) >= 11 is 0. The molecule has 0 bridgehead atoms. The van der Waals surface area contributed by atoms with Gasteiger partial charge in [0.2, 0.25) is 0 Å². The number of carbonyl (C=O) groups is 1. The van der Waals surface area contributed by atoms with Crippen LogP contribution < -0.4 is 5.56 Å². The predicted octanol–water partition coefficient (Wildman–Crippen LogP) is 4.34. The fourth-order valence-electron chi connectivity index (χ4n) is 4.52. The van der Waals surface area contributed by atoms with Crippen LogP contribution in [0.5, 0.6) is 5.75 Å². The second kappa shape index (κ2) is 8.14. The molecule has 0 unspecified atom stereocenters. The Balaban J connectivity index is 1.68. The molecule has 3 N–H and O–H groups in total. The molecule has 1 aliphatic rings. The molecule has 5 rings (SSSR count). The van der Waals surface area contributed by atoms with E-state index in [0.717, 1.165) is 23.1 Å². The SMILES string of the molecule is CN(Cc1cc2cc(-c3[nH]c(=O)c(C(=O)O)c(O)c3-c3ccc(F)cc3)ccc2n1C)C1CC1. The van der Waals surface area contributed by atoms with Crippen LogP contribution in [0.15, 0.2) is 53.3 Å². The zero-order valence-electron chi connectivity index (χ0n) is 18.8. The number of carboxylic acids is 1. The van der Waals surface area contributed by atoms with Crippen molar-refractivity contribution in [2.45, 2.75) is 25.4 Å². The van der Waals surface area contributed by atoms with E-state index >= 15 is 0 Å². The van der Waals surface area contributed by atoms with Gasteiger partial charge in [-0.1, -0.05) is 18.2 Å². The summed E-state index contributed by atoms with van der Waals surface area (Å²) in [5.41, 5.74) is 1.87. The van der Waals surface area contributed by atoms with Crippen LogP contribution in [-0.4, -0.2) is 43.7 Å². The Labute approximate surface area is 194 Å². The van der Waals surface area contributed by atoms with Gasteiger partial charge in [-0.25, -0.2) is 9.18 Å². The number of benzene rings is 2. The summed E-state index contributed by atoms with van der Waals surface area (Å²) in [7, 11) is 4.13. The van der Waals surface area contributed by atoms with Crippen molar-refractivity contribution in [2.24, 2.45) is 7.05 Å². The zero-order valence-corrected chi connectivity index (χ0v) is 18.8. The van der Waals surface area contributed by atoms with Crippen molar-refractivity contribution in [3.63, 3.8) is 0 Å². The predicted molar refractivity (Wildman–Crippen MR) is 127 cm³/mol. The topological polar surface area (TPSA) is 98.6 Å². The zero-order chi connectivity index (χ0) is 24.1. The molecule has 0 aliphatic heterocycles. The average Bonchev–Trinajstić information content (AvgIpc) is 3.60. The number of hydrogen-bond donors (Lipinski definition) is 3. The number of aromatic amines is 1. The Kier molecular flexibility index (Phi) is 5.25. The van der Waals surface area contributed by atoms with Gasteiger partial charge in [0, 0.05) is 41.8 Å². The second-order valence-corrected chi connectivity index (χ2v) is 8.85. The number of fused-ring (bicyclic) bond motifs is 1. The number of aromatic carboxylic acids is 1. The van der Waals surface area contributed by atoms with Crippen LogP contribution in [-0.2, 0) is 13.6 Å². The van der Waals surface area contributed by atoms with Crippen LogP contribution in [0.1, 0.15) is 28.9 Å². The van der Waals surface area contributed by atoms with E-state index in [4.69, 9.17) is 0 Å². The molecule has 2 heterocycles. The Morgan fingerprint density at radius 3 is 2.47 bits per heavy atom. The first-order chi connectivity index (χ1) is 16.2. The second-order valence-electron chi connectivity index (χ2n) is 8.85. The van der Waals surface area contributed by atoms with Gasteiger partial charge in [-0.3, -0.25) is 9.69 Å². The van der Waals surface area contributed by atoms with Crippen LogP contribution in [0.4, 0.5) is 4.39 Å². The third-order valence-corrected chi connectivity index (χ3v) is 6.55.